The van der Waals surface area contributed by atoms with Gasteiger partial charge in [-0.2, -0.15) is 0 Å². The number of para-hydroxylation sites is 1. The smallest absolute Gasteiger partial charge is 0.407 e. The first-order chi connectivity index (χ1) is 37.5. The lowest BCUT2D eigenvalue weighted by atomic mass is 9.99. The van der Waals surface area contributed by atoms with E-state index in [0.29, 0.717) is 41.0 Å². The van der Waals surface area contributed by atoms with Crippen LogP contribution in [0.15, 0.2) is 146 Å². The third kappa shape index (κ3) is 14.9. The number of alkyl carbamates (subject to hydrolysis) is 1. The minimum atomic E-state index is -1.40. The molecule has 2 fully saturated rings. The van der Waals surface area contributed by atoms with Gasteiger partial charge in [-0.3, -0.25) is 28.8 Å². The second-order valence-corrected chi connectivity index (χ2v) is 19.5. The van der Waals surface area contributed by atoms with E-state index in [0.717, 1.165) is 29.3 Å². The van der Waals surface area contributed by atoms with Crippen LogP contribution >= 0.6 is 0 Å². The summed E-state index contributed by atoms with van der Waals surface area (Å²) in [5.41, 5.74) is 9.82. The molecule has 0 bridgehead atoms. The molecule has 2 aliphatic rings. The van der Waals surface area contributed by atoms with E-state index < -0.39 is 83.9 Å². The third-order valence-corrected chi connectivity index (χ3v) is 13.8. The average molecular weight is 1050 g/mol. The molecular weight excluding hydrogens is 979 g/mol. The zero-order valence-corrected chi connectivity index (χ0v) is 43.1. The largest absolute Gasteiger partial charge is 0.489 e. The van der Waals surface area contributed by atoms with E-state index in [1.54, 1.807) is 85.1 Å². The molecule has 8 rings (SSSR count). The van der Waals surface area contributed by atoms with Crippen LogP contribution in [0.25, 0.3) is 10.9 Å². The number of H-pyrrole nitrogens is 1. The van der Waals surface area contributed by atoms with Gasteiger partial charge >= 0.3 is 6.09 Å². The van der Waals surface area contributed by atoms with Gasteiger partial charge in [0.15, 0.2) is 0 Å². The van der Waals surface area contributed by atoms with E-state index in [1.165, 1.54) is 4.90 Å². The maximum atomic E-state index is 15.3. The fourth-order valence-corrected chi connectivity index (χ4v) is 9.75. The Kier molecular flexibility index (Phi) is 19.1. The van der Waals surface area contributed by atoms with Crippen molar-refractivity contribution < 1.29 is 43.0 Å². The van der Waals surface area contributed by atoms with Gasteiger partial charge in [-0.1, -0.05) is 148 Å². The number of rotatable bonds is 17. The van der Waals surface area contributed by atoms with Crippen molar-refractivity contribution in [3.8, 4) is 5.75 Å². The number of ether oxygens (including phenoxy) is 2. The summed E-state index contributed by atoms with van der Waals surface area (Å²) in [7, 11) is 0. The Hall–Kier alpha value is -8.51. The molecule has 9 N–H and O–H groups in total. The number of fused-ring (bicyclic) bond motifs is 2. The second-order valence-electron chi connectivity index (χ2n) is 19.5. The van der Waals surface area contributed by atoms with Crippen LogP contribution in [0.2, 0.25) is 0 Å². The normalized spacial score (nSPS) is 21.6. The molecule has 0 saturated carbocycles. The number of nitrogens with one attached hydrogen (secondary N) is 7. The highest BCUT2D eigenvalue weighted by Gasteiger charge is 2.45. The number of aromatic amines is 1. The van der Waals surface area contributed by atoms with Crippen molar-refractivity contribution in [2.24, 2.45) is 5.73 Å². The number of nitrogens with zero attached hydrogens (tertiary/aromatic N) is 1. The van der Waals surface area contributed by atoms with Crippen LogP contribution in [0.1, 0.15) is 72.9 Å². The van der Waals surface area contributed by atoms with E-state index >= 15 is 9.59 Å². The fraction of sp³-hybridized carbons (Fsp3) is 0.339. The van der Waals surface area contributed by atoms with E-state index in [1.807, 2.05) is 67.6 Å². The van der Waals surface area contributed by atoms with Gasteiger partial charge in [0.2, 0.25) is 35.4 Å². The van der Waals surface area contributed by atoms with Gasteiger partial charge in [0.1, 0.15) is 54.7 Å². The quantitative estimate of drug-likeness (QED) is 0.0578. The standard InChI is InChI=1S/C59H67N9O9/c1-2-3-7-24-47-53(69)64-48(31-39-25-27-43(28-26-39)76-37-40-18-10-5-11-19-40)54(70)66-50(32-38-16-8-4-9-17-38)58(74)68-36-44(77-59(75)61-30-29-60)34-51(68)56(72)67-52(41-20-12-6-13-21-41)57(73)65-49(55(71)63-47)33-42-35-62-46-23-15-14-22-45(42)46/h4-6,8-23,25-28,35,44,47-52,62H,2-3,7,24,29-34,36-37,60H2,1H3,(H,61,75)(H,63,71)(H,64,69)(H,65,73)(H,66,70)(H,67,72)/t44?,47?,48?,49?,50?,51?,52-/m0/s1. The third-order valence-electron chi connectivity index (χ3n) is 13.8. The first-order valence-corrected chi connectivity index (χ1v) is 26.3. The van der Waals surface area contributed by atoms with E-state index in [4.69, 9.17) is 15.2 Å². The predicted molar refractivity (Wildman–Crippen MR) is 290 cm³/mol. The number of aromatic nitrogens is 1. The molecule has 402 valence electrons. The first-order valence-electron chi connectivity index (χ1n) is 26.3. The van der Waals surface area contributed by atoms with Crippen LogP contribution in [0.5, 0.6) is 5.75 Å². The Morgan fingerprint density at radius 1 is 0.623 bits per heavy atom. The summed E-state index contributed by atoms with van der Waals surface area (Å²) in [6.45, 7) is 2.34. The molecule has 18 nitrogen and oxygen atoms in total. The van der Waals surface area contributed by atoms with Gasteiger partial charge in [0.25, 0.3) is 0 Å². The number of nitrogens with two attached hydrogens (primary N) is 1. The zero-order chi connectivity index (χ0) is 54.1. The van der Waals surface area contributed by atoms with Gasteiger partial charge in [0.05, 0.1) is 6.54 Å². The molecule has 0 spiro atoms. The minimum Gasteiger partial charge on any atom is -0.489 e. The predicted octanol–water partition coefficient (Wildman–Crippen LogP) is 4.82. The highest BCUT2D eigenvalue weighted by atomic mass is 16.6. The molecular formula is C59H67N9O9. The van der Waals surface area contributed by atoms with E-state index in [2.05, 4.69) is 36.9 Å². The molecule has 7 amide bonds. The number of hydrogen-bond donors (Lipinski definition) is 8. The molecule has 3 heterocycles. The summed E-state index contributed by atoms with van der Waals surface area (Å²) < 4.78 is 11.8. The Balaban J connectivity index is 1.19. The van der Waals surface area contributed by atoms with Gasteiger partial charge in [-0.25, -0.2) is 4.79 Å². The van der Waals surface area contributed by atoms with Gasteiger partial charge in [0, 0.05) is 55.9 Å². The molecule has 1 aromatic heterocycles. The Morgan fingerprint density at radius 2 is 1.21 bits per heavy atom. The number of carbonyl (C=O) groups excluding carboxylic acids is 7. The molecule has 18 heteroatoms. The Labute approximate surface area is 447 Å². The first kappa shape index (κ1) is 54.7. The van der Waals surface area contributed by atoms with Crippen molar-refractivity contribution in [2.45, 2.75) is 107 Å². The Morgan fingerprint density at radius 3 is 1.91 bits per heavy atom. The van der Waals surface area contributed by atoms with Crippen molar-refractivity contribution in [1.29, 1.82) is 0 Å². The lowest BCUT2D eigenvalue weighted by molar-refractivity contribution is -0.143. The Bertz CT molecular complexity index is 2960. The van der Waals surface area contributed by atoms with Crippen LogP contribution in [0.3, 0.4) is 0 Å². The molecule has 0 radical (unpaired) electrons. The average Bonchev–Trinajstić information content (AvgIpc) is 4.08. The molecule has 6 unspecified atom stereocenters. The molecule has 77 heavy (non-hydrogen) atoms. The topological polar surface area (TPSA) is 255 Å². The van der Waals surface area contributed by atoms with Crippen molar-refractivity contribution in [3.63, 3.8) is 0 Å². The number of benzene rings is 5. The molecule has 2 aliphatic heterocycles. The molecule has 0 aliphatic carbocycles. The van der Waals surface area contributed by atoms with Crippen molar-refractivity contribution in [2.75, 3.05) is 19.6 Å². The highest BCUT2D eigenvalue weighted by Crippen LogP contribution is 2.26. The lowest BCUT2D eigenvalue weighted by Crippen LogP contribution is -2.61. The monoisotopic (exact) mass is 1050 g/mol. The lowest BCUT2D eigenvalue weighted by Gasteiger charge is -2.32. The van der Waals surface area contributed by atoms with Crippen LogP contribution < -0.4 is 42.4 Å². The van der Waals surface area contributed by atoms with Crippen molar-refractivity contribution >= 4 is 52.4 Å². The van der Waals surface area contributed by atoms with E-state index in [9.17, 15) is 24.0 Å². The van der Waals surface area contributed by atoms with Crippen LogP contribution in [-0.2, 0) is 59.4 Å². The summed E-state index contributed by atoms with van der Waals surface area (Å²) in [4.78, 5) is 108. The van der Waals surface area contributed by atoms with Gasteiger partial charge in [-0.15, -0.1) is 0 Å². The molecule has 5 aromatic carbocycles. The zero-order valence-electron chi connectivity index (χ0n) is 43.1. The van der Waals surface area contributed by atoms with Crippen molar-refractivity contribution in [3.05, 3.63) is 174 Å². The van der Waals surface area contributed by atoms with Crippen molar-refractivity contribution in [1.82, 2.24) is 41.8 Å². The molecule has 2 saturated heterocycles. The number of hydrogen-bond acceptors (Lipinski definition) is 10. The molecule has 6 aromatic rings. The SMILES string of the molecule is CCCCCC1NC(=O)C(Cc2c[nH]c3ccccc23)NC(=O)[C@H](c2ccccc2)NC(=O)C2CC(OC(=O)NCCN)CN2C(=O)C(Cc2ccccc2)NC(=O)C(Cc2ccc(OCc3ccccc3)cc2)NC1=O. The van der Waals surface area contributed by atoms with Gasteiger partial charge in [-0.05, 0) is 52.4 Å². The number of carbonyl (C=O) groups is 7. The van der Waals surface area contributed by atoms with E-state index in [-0.39, 0.29) is 51.7 Å². The maximum absolute atomic E-state index is 15.3. The summed E-state index contributed by atoms with van der Waals surface area (Å²) in [5, 5.41) is 18.0. The number of amides is 7. The highest BCUT2D eigenvalue weighted by molar-refractivity contribution is 5.99. The summed E-state index contributed by atoms with van der Waals surface area (Å²) in [5.74, 6) is -3.62. The number of unbranched alkanes of at least 4 members (excludes halogenated alkanes) is 2. The summed E-state index contributed by atoms with van der Waals surface area (Å²) in [6.07, 6.45) is 1.98. The maximum Gasteiger partial charge on any atom is 0.407 e. The second kappa shape index (κ2) is 26.8. The van der Waals surface area contributed by atoms with Crippen LogP contribution in [-0.4, -0.2) is 107 Å². The molecule has 7 atom stereocenters. The minimum absolute atomic E-state index is 0.0185. The summed E-state index contributed by atoms with van der Waals surface area (Å²) in [6, 6.07) is 34.0. The van der Waals surface area contributed by atoms with Crippen LogP contribution in [0.4, 0.5) is 4.79 Å². The summed E-state index contributed by atoms with van der Waals surface area (Å²) >= 11 is 0. The van der Waals surface area contributed by atoms with Gasteiger partial charge < -0.3 is 57.0 Å². The van der Waals surface area contributed by atoms with Crippen LogP contribution in [0, 0.1) is 0 Å². The fourth-order valence-electron chi connectivity index (χ4n) is 9.75.